The molecule has 5 N–H and O–H groups in total. The van der Waals surface area contributed by atoms with Crippen LogP contribution in [0.4, 0.5) is 0 Å². The first-order chi connectivity index (χ1) is 6.49. The van der Waals surface area contributed by atoms with Gasteiger partial charge in [0.15, 0.2) is 6.29 Å². The van der Waals surface area contributed by atoms with Crippen LogP contribution in [0.15, 0.2) is 0 Å². The van der Waals surface area contributed by atoms with E-state index >= 15 is 0 Å². The lowest BCUT2D eigenvalue weighted by Crippen LogP contribution is -2.60. The number of aliphatic hydroxyl groups is 2. The molecule has 84 valence electrons. The monoisotopic (exact) mass is 213 g/mol. The average Bonchev–Trinajstić information content (AvgIpc) is 2.09. The zero-order valence-electron chi connectivity index (χ0n) is 7.35. The van der Waals surface area contributed by atoms with E-state index in [-0.39, 0.29) is 0 Å². The van der Waals surface area contributed by atoms with E-state index in [2.05, 4.69) is 4.89 Å². The molecule has 1 heterocycles. The predicted molar refractivity (Wildman–Crippen MR) is 40.2 cm³/mol. The molecule has 1 saturated heterocycles. The minimum absolute atomic E-state index is 0.555. The molecule has 0 amide bonds. The summed E-state index contributed by atoms with van der Waals surface area (Å²) in [6, 6.07) is 0. The van der Waals surface area contributed by atoms with Gasteiger partial charge >= 0.3 is 0 Å². The van der Waals surface area contributed by atoms with E-state index in [1.807, 2.05) is 0 Å². The Morgan fingerprint density at radius 3 is 2.29 bits per heavy atom. The van der Waals surface area contributed by atoms with Gasteiger partial charge in [0.05, 0.1) is 0 Å². The van der Waals surface area contributed by atoms with Gasteiger partial charge in [0.25, 0.3) is 6.10 Å². The average molecular weight is 213 g/mol. The van der Waals surface area contributed by atoms with Crippen LogP contribution in [0.3, 0.4) is 0 Å². The van der Waals surface area contributed by atoms with Crippen LogP contribution in [0.5, 0.6) is 0 Å². The van der Waals surface area contributed by atoms with Gasteiger partial charge in [-0.15, -0.1) is 0 Å². The Morgan fingerprint density at radius 2 is 1.86 bits per heavy atom. The topological polar surface area (TPSA) is 122 Å². The molecule has 0 unspecified atom stereocenters. The van der Waals surface area contributed by atoms with Crippen molar-refractivity contribution in [1.82, 2.24) is 0 Å². The molecule has 5 atom stereocenters. The first-order valence-corrected chi connectivity index (χ1v) is 3.92. The zero-order valence-corrected chi connectivity index (χ0v) is 7.35. The second-order valence-electron chi connectivity index (χ2n) is 3.05. The number of hydrogen-bond donors (Lipinski definition) is 5. The summed E-state index contributed by atoms with van der Waals surface area (Å²) >= 11 is 0. The van der Waals surface area contributed by atoms with Crippen molar-refractivity contribution in [3.05, 3.63) is 0 Å². The zero-order chi connectivity index (χ0) is 10.9. The highest BCUT2D eigenvalue weighted by molar-refractivity contribution is 4.88. The van der Waals surface area contributed by atoms with E-state index in [9.17, 15) is 5.11 Å². The summed E-state index contributed by atoms with van der Waals surface area (Å²) in [4.78, 5) is 3.85. The molecule has 1 rings (SSSR count). The molecule has 0 aromatic rings. The number of rotatable bonds is 2. The van der Waals surface area contributed by atoms with Gasteiger partial charge in [0.1, 0.15) is 12.2 Å². The maximum Gasteiger partial charge on any atom is 0.298 e. The van der Waals surface area contributed by atoms with Crippen LogP contribution in [-0.2, 0) is 14.3 Å². The maximum atomic E-state index is 9.25. The lowest BCUT2D eigenvalue weighted by molar-refractivity contribution is -0.667. The molecule has 1 aliphatic rings. The summed E-state index contributed by atoms with van der Waals surface area (Å²) in [5, 5.41) is 44.2. The van der Waals surface area contributed by atoms with Crippen molar-refractivity contribution in [2.45, 2.75) is 37.6 Å². The lowest BCUT2D eigenvalue weighted by Gasteiger charge is -2.35. The second kappa shape index (κ2) is 4.47. The Hall–Kier alpha value is -0.320. The molecule has 0 spiro atoms. The molecule has 1 aliphatic heterocycles. The molecule has 8 heteroatoms. The van der Waals surface area contributed by atoms with E-state index in [4.69, 9.17) is 25.6 Å². The van der Waals surface area contributed by atoms with Crippen LogP contribution in [0.2, 0.25) is 0 Å². The number of hydrogen-bond acceptors (Lipinski definition) is 7. The normalized spacial score (nSPS) is 44.4. The molecule has 0 bridgehead atoms. The summed E-state index contributed by atoms with van der Waals surface area (Å²) in [6.07, 6.45) is -6.70. The van der Waals surface area contributed by atoms with E-state index in [0.29, 0.717) is 4.67 Å². The van der Waals surface area contributed by atoms with Gasteiger partial charge in [-0.05, 0) is 6.92 Å². The molecular formula is C6H13O8+. The number of ether oxygens (including phenoxy) is 1. The molecule has 0 radical (unpaired) electrons. The van der Waals surface area contributed by atoms with E-state index in [0.717, 1.165) is 0 Å². The fraction of sp³-hybridized carbons (Fsp3) is 1.00. The molecule has 0 aromatic heterocycles. The van der Waals surface area contributed by atoms with Gasteiger partial charge in [-0.2, -0.15) is 0 Å². The first kappa shape index (κ1) is 11.8. The summed E-state index contributed by atoms with van der Waals surface area (Å²) in [5.74, 6) is 0. The Labute approximate surface area is 79.0 Å². The van der Waals surface area contributed by atoms with Crippen LogP contribution < -0.4 is 0 Å². The predicted octanol–water partition coefficient (Wildman–Crippen LogP) is -1.19. The van der Waals surface area contributed by atoms with Gasteiger partial charge in [-0.1, -0.05) is 15.2 Å². The van der Waals surface area contributed by atoms with Gasteiger partial charge < -0.3 is 14.9 Å². The van der Waals surface area contributed by atoms with Crippen LogP contribution in [0.25, 0.3) is 0 Å². The molecule has 8 nitrogen and oxygen atoms in total. The maximum absolute atomic E-state index is 9.25. The van der Waals surface area contributed by atoms with Crippen molar-refractivity contribution >= 4 is 0 Å². The highest BCUT2D eigenvalue weighted by Crippen LogP contribution is 2.25. The van der Waals surface area contributed by atoms with Crippen molar-refractivity contribution in [3.63, 3.8) is 0 Å². The van der Waals surface area contributed by atoms with Crippen molar-refractivity contribution in [1.29, 1.82) is 0 Å². The van der Waals surface area contributed by atoms with Crippen LogP contribution in [-0.4, -0.2) is 56.7 Å². The summed E-state index contributed by atoms with van der Waals surface area (Å²) < 4.78 is 5.29. The van der Waals surface area contributed by atoms with E-state index in [1.165, 1.54) is 6.92 Å². The largest absolute Gasteiger partial charge is 0.385 e. The molecule has 0 aliphatic carbocycles. The van der Waals surface area contributed by atoms with E-state index < -0.39 is 30.7 Å². The minimum atomic E-state index is -1.59. The standard InChI is InChI=1S/C6H12O8/c1-2-5(14(10)11)4(13-9)3(7)6(8)12-2/h2-8,10-11H,1H3/p+1/t2-,3+,4-,5-,6+/m0/s1. The Morgan fingerprint density at radius 1 is 1.29 bits per heavy atom. The van der Waals surface area contributed by atoms with Crippen molar-refractivity contribution < 1.29 is 40.3 Å². The Balaban J connectivity index is 2.80. The minimum Gasteiger partial charge on any atom is -0.385 e. The molecule has 0 aromatic carbocycles. The smallest absolute Gasteiger partial charge is 0.298 e. The van der Waals surface area contributed by atoms with Crippen molar-refractivity contribution in [3.8, 4) is 0 Å². The SMILES string of the molecule is C[C@@H]1O[C@@H](O)[C@H](O)[C@H](OO)[C@H]1[O+](O)O. The summed E-state index contributed by atoms with van der Waals surface area (Å²) in [5.41, 5.74) is 0. The highest BCUT2D eigenvalue weighted by Gasteiger charge is 2.53. The van der Waals surface area contributed by atoms with Gasteiger partial charge in [-0.25, -0.2) is 4.89 Å². The Bertz CT molecular complexity index is 185. The molecule has 0 saturated carbocycles. The van der Waals surface area contributed by atoms with Gasteiger partial charge in [-0.3, -0.25) is 5.26 Å². The summed E-state index contributed by atoms with van der Waals surface area (Å²) in [6.45, 7) is 1.40. The van der Waals surface area contributed by atoms with Gasteiger partial charge in [0.2, 0.25) is 6.10 Å². The van der Waals surface area contributed by atoms with Crippen molar-refractivity contribution in [2.24, 2.45) is 0 Å². The lowest BCUT2D eigenvalue weighted by atomic mass is 10.00. The molecular weight excluding hydrogens is 200 g/mol. The van der Waals surface area contributed by atoms with Gasteiger partial charge in [0, 0.05) is 0 Å². The third-order valence-corrected chi connectivity index (χ3v) is 2.13. The fourth-order valence-corrected chi connectivity index (χ4v) is 1.42. The van der Waals surface area contributed by atoms with Crippen molar-refractivity contribution in [2.75, 3.05) is 0 Å². The molecule has 14 heavy (non-hydrogen) atoms. The van der Waals surface area contributed by atoms with E-state index in [1.54, 1.807) is 0 Å². The van der Waals surface area contributed by atoms with Crippen LogP contribution >= 0.6 is 0 Å². The third-order valence-electron chi connectivity index (χ3n) is 2.13. The van der Waals surface area contributed by atoms with Crippen LogP contribution in [0, 0.1) is 0 Å². The summed E-state index contributed by atoms with van der Waals surface area (Å²) in [7, 11) is 0. The fourth-order valence-electron chi connectivity index (χ4n) is 1.42. The first-order valence-electron chi connectivity index (χ1n) is 3.92. The third kappa shape index (κ3) is 2.02. The van der Waals surface area contributed by atoms with Crippen LogP contribution in [0.1, 0.15) is 6.92 Å². The highest BCUT2D eigenvalue weighted by atomic mass is 17.5. The molecule has 1 fully saturated rings. The quantitative estimate of drug-likeness (QED) is 0.222. The number of aliphatic hydroxyl groups excluding tert-OH is 2. The Kier molecular flexibility index (Phi) is 3.75. The second-order valence-corrected chi connectivity index (χ2v) is 3.05.